The number of ether oxygens (including phenoxy) is 1. The van der Waals surface area contributed by atoms with Crippen LogP contribution in [0.3, 0.4) is 0 Å². The second kappa shape index (κ2) is 4.78. The highest BCUT2D eigenvalue weighted by Gasteiger charge is 1.94. The Labute approximate surface area is 69.1 Å². The van der Waals surface area contributed by atoms with Gasteiger partial charge in [0.15, 0.2) is 0 Å². The van der Waals surface area contributed by atoms with Crippen LogP contribution < -0.4 is 0 Å². The molecule has 0 aliphatic carbocycles. The topological polar surface area (TPSA) is 9.23 Å². The summed E-state index contributed by atoms with van der Waals surface area (Å²) in [5, 5.41) is 0. The summed E-state index contributed by atoms with van der Waals surface area (Å²) in [6.07, 6.45) is 4.00. The maximum Gasteiger partial charge on any atom is 0.121 e. The van der Waals surface area contributed by atoms with Crippen molar-refractivity contribution in [1.29, 1.82) is 0 Å². The molecule has 0 bridgehead atoms. The van der Waals surface area contributed by atoms with Crippen LogP contribution in [0, 0.1) is 0 Å². The van der Waals surface area contributed by atoms with Gasteiger partial charge in [0.1, 0.15) is 5.76 Å². The second-order valence-corrected chi connectivity index (χ2v) is 2.53. The molecule has 0 atom stereocenters. The molecule has 0 fully saturated rings. The first-order valence-corrected chi connectivity index (χ1v) is 3.66. The molecule has 0 aromatic heterocycles. The van der Waals surface area contributed by atoms with Crippen molar-refractivity contribution in [3.8, 4) is 0 Å². The van der Waals surface area contributed by atoms with Gasteiger partial charge in [0.2, 0.25) is 0 Å². The standard InChI is InChI=1S/C10H16O/c1-6-9(4)7-10(11-5)8(2)3/h6-7H,2H2,1,3-5H3. The van der Waals surface area contributed by atoms with Gasteiger partial charge in [-0.2, -0.15) is 0 Å². The summed E-state index contributed by atoms with van der Waals surface area (Å²) in [6.45, 7) is 9.75. The van der Waals surface area contributed by atoms with Gasteiger partial charge in [-0.15, -0.1) is 0 Å². The monoisotopic (exact) mass is 152 g/mol. The van der Waals surface area contributed by atoms with Gasteiger partial charge in [0, 0.05) is 0 Å². The van der Waals surface area contributed by atoms with E-state index in [1.807, 2.05) is 32.9 Å². The zero-order chi connectivity index (χ0) is 8.85. The Hall–Kier alpha value is -0.980. The van der Waals surface area contributed by atoms with Gasteiger partial charge >= 0.3 is 0 Å². The highest BCUT2D eigenvalue weighted by atomic mass is 16.5. The third-order valence-corrected chi connectivity index (χ3v) is 1.45. The van der Waals surface area contributed by atoms with Gasteiger partial charge in [-0.05, 0) is 32.4 Å². The molecule has 0 saturated carbocycles. The lowest BCUT2D eigenvalue weighted by atomic mass is 10.2. The summed E-state index contributed by atoms with van der Waals surface area (Å²) < 4.78 is 5.10. The third kappa shape index (κ3) is 3.66. The largest absolute Gasteiger partial charge is 0.497 e. The van der Waals surface area contributed by atoms with Gasteiger partial charge in [-0.1, -0.05) is 18.2 Å². The Balaban J connectivity index is 4.49. The zero-order valence-electron chi connectivity index (χ0n) is 7.77. The van der Waals surface area contributed by atoms with E-state index in [-0.39, 0.29) is 0 Å². The summed E-state index contributed by atoms with van der Waals surface area (Å²) in [5.41, 5.74) is 2.14. The number of allylic oxidation sites excluding steroid dienone is 4. The molecule has 0 radical (unpaired) electrons. The van der Waals surface area contributed by atoms with Crippen LogP contribution in [0.5, 0.6) is 0 Å². The molecule has 0 amide bonds. The zero-order valence-corrected chi connectivity index (χ0v) is 7.77. The molecular formula is C10H16O. The molecule has 0 heterocycles. The summed E-state index contributed by atoms with van der Waals surface area (Å²) in [7, 11) is 1.66. The highest BCUT2D eigenvalue weighted by molar-refractivity contribution is 5.28. The van der Waals surface area contributed by atoms with Crippen molar-refractivity contribution in [2.45, 2.75) is 20.8 Å². The van der Waals surface area contributed by atoms with Crippen LogP contribution in [0.4, 0.5) is 0 Å². The van der Waals surface area contributed by atoms with Crippen molar-refractivity contribution in [2.24, 2.45) is 0 Å². The van der Waals surface area contributed by atoms with Crippen molar-refractivity contribution in [3.63, 3.8) is 0 Å². The predicted molar refractivity (Wildman–Crippen MR) is 49.3 cm³/mol. The van der Waals surface area contributed by atoms with E-state index >= 15 is 0 Å². The van der Waals surface area contributed by atoms with E-state index in [1.165, 1.54) is 5.57 Å². The van der Waals surface area contributed by atoms with E-state index in [2.05, 4.69) is 6.58 Å². The van der Waals surface area contributed by atoms with Crippen molar-refractivity contribution < 1.29 is 4.74 Å². The van der Waals surface area contributed by atoms with Crippen LogP contribution >= 0.6 is 0 Å². The first-order valence-electron chi connectivity index (χ1n) is 3.66. The molecule has 0 saturated heterocycles. The number of hydrogen-bond acceptors (Lipinski definition) is 1. The SMILES string of the molecule is C=C(C)C(=CC(C)=CC)OC. The Morgan fingerprint density at radius 1 is 1.36 bits per heavy atom. The van der Waals surface area contributed by atoms with Crippen LogP contribution in [-0.2, 0) is 4.74 Å². The fraction of sp³-hybridized carbons (Fsp3) is 0.400. The molecule has 0 aromatic rings. The van der Waals surface area contributed by atoms with Crippen LogP contribution in [0.2, 0.25) is 0 Å². The molecule has 62 valence electrons. The van der Waals surface area contributed by atoms with Gasteiger partial charge < -0.3 is 4.74 Å². The van der Waals surface area contributed by atoms with E-state index in [0.29, 0.717) is 0 Å². The molecule has 0 rings (SSSR count). The number of rotatable bonds is 3. The lowest BCUT2D eigenvalue weighted by molar-refractivity contribution is 0.301. The van der Waals surface area contributed by atoms with Gasteiger partial charge in [-0.3, -0.25) is 0 Å². The maximum absolute atomic E-state index is 5.10. The first-order chi connectivity index (χ1) is 5.11. The highest BCUT2D eigenvalue weighted by Crippen LogP contribution is 2.10. The lowest BCUT2D eigenvalue weighted by Gasteiger charge is -2.04. The van der Waals surface area contributed by atoms with Crippen molar-refractivity contribution in [1.82, 2.24) is 0 Å². The molecule has 0 aromatic carbocycles. The van der Waals surface area contributed by atoms with Crippen LogP contribution in [0.1, 0.15) is 20.8 Å². The molecule has 1 heteroatoms. The smallest absolute Gasteiger partial charge is 0.121 e. The third-order valence-electron chi connectivity index (χ3n) is 1.45. The van der Waals surface area contributed by atoms with Crippen molar-refractivity contribution in [3.05, 3.63) is 35.6 Å². The molecule has 1 nitrogen and oxygen atoms in total. The molecule has 0 spiro atoms. The molecule has 0 aliphatic rings. The summed E-state index contributed by atoms with van der Waals surface area (Å²) in [6, 6.07) is 0. The fourth-order valence-electron chi connectivity index (χ4n) is 0.646. The van der Waals surface area contributed by atoms with Crippen molar-refractivity contribution in [2.75, 3.05) is 7.11 Å². The summed E-state index contributed by atoms with van der Waals surface area (Å²) in [5.74, 6) is 0.848. The predicted octanol–water partition coefficient (Wildman–Crippen LogP) is 3.06. The molecule has 0 N–H and O–H groups in total. The molecule has 11 heavy (non-hydrogen) atoms. The second-order valence-electron chi connectivity index (χ2n) is 2.53. The lowest BCUT2D eigenvalue weighted by Crippen LogP contribution is -1.87. The minimum absolute atomic E-state index is 0.848. The van der Waals surface area contributed by atoms with Crippen molar-refractivity contribution >= 4 is 0 Å². The Morgan fingerprint density at radius 3 is 2.18 bits per heavy atom. The fourth-order valence-corrected chi connectivity index (χ4v) is 0.646. The summed E-state index contributed by atoms with van der Waals surface area (Å²) in [4.78, 5) is 0. The van der Waals surface area contributed by atoms with E-state index in [0.717, 1.165) is 11.3 Å². The average molecular weight is 152 g/mol. The van der Waals surface area contributed by atoms with Crippen LogP contribution in [0.15, 0.2) is 35.6 Å². The Morgan fingerprint density at radius 2 is 1.91 bits per heavy atom. The van der Waals surface area contributed by atoms with E-state index in [9.17, 15) is 0 Å². The normalized spacial score (nSPS) is 13.1. The quantitative estimate of drug-likeness (QED) is 0.446. The van der Waals surface area contributed by atoms with E-state index < -0.39 is 0 Å². The average Bonchev–Trinajstić information content (AvgIpc) is 1.99. The van der Waals surface area contributed by atoms with Crippen LogP contribution in [0.25, 0.3) is 0 Å². The molecular weight excluding hydrogens is 136 g/mol. The van der Waals surface area contributed by atoms with Crippen LogP contribution in [-0.4, -0.2) is 7.11 Å². The minimum Gasteiger partial charge on any atom is -0.497 e. The Kier molecular flexibility index (Phi) is 4.35. The van der Waals surface area contributed by atoms with Gasteiger partial charge in [-0.25, -0.2) is 0 Å². The minimum atomic E-state index is 0.848. The number of methoxy groups -OCH3 is 1. The Bertz CT molecular complexity index is 197. The molecule has 0 aliphatic heterocycles. The van der Waals surface area contributed by atoms with E-state index in [4.69, 9.17) is 4.74 Å². The van der Waals surface area contributed by atoms with Gasteiger partial charge in [0.25, 0.3) is 0 Å². The van der Waals surface area contributed by atoms with Gasteiger partial charge in [0.05, 0.1) is 7.11 Å². The number of hydrogen-bond donors (Lipinski definition) is 0. The maximum atomic E-state index is 5.10. The van der Waals surface area contributed by atoms with E-state index in [1.54, 1.807) is 7.11 Å². The first kappa shape index (κ1) is 10.0. The summed E-state index contributed by atoms with van der Waals surface area (Å²) >= 11 is 0. The molecule has 0 unspecified atom stereocenters.